The summed E-state index contributed by atoms with van der Waals surface area (Å²) in [5, 5.41) is 0. The number of nitrogens with two attached hydrogens (primary N) is 1. The zero-order valence-corrected chi connectivity index (χ0v) is 12.1. The van der Waals surface area contributed by atoms with Crippen LogP contribution in [0.5, 0.6) is 11.5 Å². The summed E-state index contributed by atoms with van der Waals surface area (Å²) in [6.45, 7) is 7.93. The van der Waals surface area contributed by atoms with Crippen LogP contribution in [0.25, 0.3) is 0 Å². The van der Waals surface area contributed by atoms with Crippen molar-refractivity contribution in [3.05, 3.63) is 22.3 Å². The summed E-state index contributed by atoms with van der Waals surface area (Å²) >= 11 is 0. The molecular weight excluding hydrogens is 238 g/mol. The second-order valence-corrected chi connectivity index (χ2v) is 6.40. The Bertz CT molecular complexity index is 479. The third-order valence-corrected chi connectivity index (χ3v) is 4.20. The van der Waals surface area contributed by atoms with E-state index in [1.165, 1.54) is 22.3 Å². The highest BCUT2D eigenvalue weighted by molar-refractivity contribution is 5.61. The highest BCUT2D eigenvalue weighted by atomic mass is 16.5. The van der Waals surface area contributed by atoms with E-state index in [0.29, 0.717) is 0 Å². The lowest BCUT2D eigenvalue weighted by Crippen LogP contribution is -2.32. The smallest absolute Gasteiger partial charge is 0.126 e. The minimum atomic E-state index is -0.136. The summed E-state index contributed by atoms with van der Waals surface area (Å²) < 4.78 is 11.7. The molecule has 0 bridgehead atoms. The topological polar surface area (TPSA) is 44.5 Å². The molecule has 3 heteroatoms. The largest absolute Gasteiger partial charge is 0.493 e. The Morgan fingerprint density at radius 2 is 1.68 bits per heavy atom. The third kappa shape index (κ3) is 2.20. The average Bonchev–Trinajstić information content (AvgIpc) is 2.94. The average molecular weight is 261 g/mol. The molecule has 0 saturated carbocycles. The summed E-state index contributed by atoms with van der Waals surface area (Å²) in [5.41, 5.74) is 11.3. The first kappa shape index (κ1) is 12.8. The molecule has 2 N–H and O–H groups in total. The second kappa shape index (κ2) is 4.41. The van der Waals surface area contributed by atoms with Crippen LogP contribution in [0.2, 0.25) is 0 Å². The van der Waals surface area contributed by atoms with E-state index in [4.69, 9.17) is 15.2 Å². The molecular formula is C16H23NO2. The van der Waals surface area contributed by atoms with Crippen LogP contribution < -0.4 is 15.2 Å². The molecule has 0 spiro atoms. The zero-order valence-electron chi connectivity index (χ0n) is 12.1. The maximum Gasteiger partial charge on any atom is 0.126 e. The molecule has 0 radical (unpaired) electrons. The van der Waals surface area contributed by atoms with Crippen molar-refractivity contribution in [2.24, 2.45) is 5.73 Å². The van der Waals surface area contributed by atoms with E-state index < -0.39 is 0 Å². The fourth-order valence-electron chi connectivity index (χ4n) is 3.15. The van der Waals surface area contributed by atoms with Crippen LogP contribution >= 0.6 is 0 Å². The van der Waals surface area contributed by atoms with Crippen LogP contribution in [0.1, 0.15) is 42.5 Å². The Labute approximate surface area is 115 Å². The molecule has 2 aliphatic rings. The highest BCUT2D eigenvalue weighted by Gasteiger charge is 2.29. The Morgan fingerprint density at radius 1 is 1.05 bits per heavy atom. The first-order chi connectivity index (χ1) is 8.97. The summed E-state index contributed by atoms with van der Waals surface area (Å²) in [5.74, 6) is 2.25. The Kier molecular flexibility index (Phi) is 2.97. The van der Waals surface area contributed by atoms with Gasteiger partial charge in [-0.15, -0.1) is 0 Å². The number of ether oxygens (including phenoxy) is 2. The van der Waals surface area contributed by atoms with Crippen LogP contribution in [-0.4, -0.2) is 18.8 Å². The fourth-order valence-corrected chi connectivity index (χ4v) is 3.15. The van der Waals surface area contributed by atoms with E-state index in [0.717, 1.165) is 50.4 Å². The van der Waals surface area contributed by atoms with E-state index in [1.54, 1.807) is 0 Å². The minimum Gasteiger partial charge on any atom is -0.493 e. The highest BCUT2D eigenvalue weighted by Crippen LogP contribution is 2.44. The Balaban J connectivity index is 2.03. The van der Waals surface area contributed by atoms with Gasteiger partial charge in [0, 0.05) is 35.1 Å². The number of fused-ring (bicyclic) bond motifs is 2. The van der Waals surface area contributed by atoms with Crippen LogP contribution in [0.3, 0.4) is 0 Å². The number of hydrogen-bond acceptors (Lipinski definition) is 3. The number of rotatable bonds is 3. The lowest BCUT2D eigenvalue weighted by Gasteiger charge is -2.21. The number of hydrogen-bond donors (Lipinski definition) is 1. The molecule has 1 aromatic carbocycles. The summed E-state index contributed by atoms with van der Waals surface area (Å²) in [6, 6.07) is 0. The van der Waals surface area contributed by atoms with Crippen LogP contribution in [-0.2, 0) is 19.3 Å². The normalized spacial score (nSPS) is 16.8. The fraction of sp³-hybridized carbons (Fsp3) is 0.625. The summed E-state index contributed by atoms with van der Waals surface area (Å²) in [7, 11) is 0. The zero-order chi connectivity index (χ0) is 13.6. The van der Waals surface area contributed by atoms with Gasteiger partial charge in [0.2, 0.25) is 0 Å². The molecule has 1 aromatic rings. The monoisotopic (exact) mass is 261 g/mol. The van der Waals surface area contributed by atoms with E-state index >= 15 is 0 Å². The van der Waals surface area contributed by atoms with Gasteiger partial charge in [0.1, 0.15) is 11.5 Å². The lowest BCUT2D eigenvalue weighted by molar-refractivity contribution is 0.351. The van der Waals surface area contributed by atoms with Crippen molar-refractivity contribution in [1.29, 1.82) is 0 Å². The van der Waals surface area contributed by atoms with E-state index in [-0.39, 0.29) is 5.54 Å². The van der Waals surface area contributed by atoms with Gasteiger partial charge in [-0.05, 0) is 39.2 Å². The van der Waals surface area contributed by atoms with Gasteiger partial charge in [-0.1, -0.05) is 0 Å². The van der Waals surface area contributed by atoms with Gasteiger partial charge < -0.3 is 15.2 Å². The second-order valence-electron chi connectivity index (χ2n) is 6.40. The third-order valence-electron chi connectivity index (χ3n) is 4.20. The predicted octanol–water partition coefficient (Wildman–Crippen LogP) is 2.53. The Morgan fingerprint density at radius 3 is 2.37 bits per heavy atom. The molecule has 3 nitrogen and oxygen atoms in total. The van der Waals surface area contributed by atoms with Crippen molar-refractivity contribution >= 4 is 0 Å². The van der Waals surface area contributed by atoms with Gasteiger partial charge >= 0.3 is 0 Å². The summed E-state index contributed by atoms with van der Waals surface area (Å²) in [6.07, 6.45) is 3.97. The van der Waals surface area contributed by atoms with Crippen LogP contribution in [0.4, 0.5) is 0 Å². The van der Waals surface area contributed by atoms with Gasteiger partial charge in [0.15, 0.2) is 0 Å². The Hall–Kier alpha value is -1.22. The lowest BCUT2D eigenvalue weighted by atomic mass is 9.89. The molecule has 2 heterocycles. The maximum atomic E-state index is 6.13. The van der Waals surface area contributed by atoms with Gasteiger partial charge in [-0.25, -0.2) is 0 Å². The standard InChI is InChI=1S/C16H23NO2/c1-10-11-5-8-19-15(11)12(4-7-16(2,3)17)13-6-9-18-14(10)13/h4-9,17H2,1-3H3. The van der Waals surface area contributed by atoms with Gasteiger partial charge in [-0.2, -0.15) is 0 Å². The molecule has 0 atom stereocenters. The van der Waals surface area contributed by atoms with E-state index in [9.17, 15) is 0 Å². The van der Waals surface area contributed by atoms with Crippen molar-refractivity contribution in [3.8, 4) is 11.5 Å². The molecule has 3 rings (SSSR count). The molecule has 104 valence electrons. The molecule has 0 aromatic heterocycles. The molecule has 0 aliphatic carbocycles. The SMILES string of the molecule is Cc1c2c(c(CCC(C)(C)N)c3c1OCC3)OCC2. The first-order valence-corrected chi connectivity index (χ1v) is 7.19. The van der Waals surface area contributed by atoms with E-state index in [2.05, 4.69) is 20.8 Å². The van der Waals surface area contributed by atoms with Gasteiger partial charge in [0.25, 0.3) is 0 Å². The van der Waals surface area contributed by atoms with Crippen molar-refractivity contribution in [3.63, 3.8) is 0 Å². The maximum absolute atomic E-state index is 6.13. The molecule has 0 unspecified atom stereocenters. The van der Waals surface area contributed by atoms with Crippen molar-refractivity contribution < 1.29 is 9.47 Å². The van der Waals surface area contributed by atoms with Crippen LogP contribution in [0.15, 0.2) is 0 Å². The molecule has 19 heavy (non-hydrogen) atoms. The molecule has 2 aliphatic heterocycles. The molecule has 0 fully saturated rings. The quantitative estimate of drug-likeness (QED) is 0.909. The number of benzene rings is 1. The minimum absolute atomic E-state index is 0.136. The van der Waals surface area contributed by atoms with Gasteiger partial charge in [0.05, 0.1) is 13.2 Å². The van der Waals surface area contributed by atoms with Crippen molar-refractivity contribution in [2.45, 2.75) is 52.0 Å². The van der Waals surface area contributed by atoms with Crippen molar-refractivity contribution in [2.75, 3.05) is 13.2 Å². The molecule has 0 saturated heterocycles. The predicted molar refractivity (Wildman–Crippen MR) is 76.2 cm³/mol. The van der Waals surface area contributed by atoms with Gasteiger partial charge in [-0.3, -0.25) is 0 Å². The van der Waals surface area contributed by atoms with Crippen molar-refractivity contribution in [1.82, 2.24) is 0 Å². The first-order valence-electron chi connectivity index (χ1n) is 7.19. The van der Waals surface area contributed by atoms with Crippen LogP contribution in [0, 0.1) is 6.92 Å². The summed E-state index contributed by atoms with van der Waals surface area (Å²) in [4.78, 5) is 0. The molecule has 0 amide bonds. The van der Waals surface area contributed by atoms with E-state index in [1.807, 2.05) is 0 Å².